The second-order valence-corrected chi connectivity index (χ2v) is 4.04. The number of ketones is 1. The van der Waals surface area contributed by atoms with E-state index in [9.17, 15) is 25.2 Å². The Balaban J connectivity index is 2.55. The van der Waals surface area contributed by atoms with Gasteiger partial charge in [0.05, 0.1) is 18.2 Å². The summed E-state index contributed by atoms with van der Waals surface area (Å²) in [5, 5.41) is 37.7. The Bertz CT molecular complexity index is 678. The largest absolute Gasteiger partial charge is 0.508 e. The topological polar surface area (TPSA) is 107 Å². The number of carbonyl (C=O) groups excluding carboxylic acids is 1. The summed E-state index contributed by atoms with van der Waals surface area (Å²) in [6.07, 6.45) is 0. The third-order valence-corrected chi connectivity index (χ3v) is 2.80. The minimum absolute atomic E-state index is 0.0730. The zero-order valence-corrected chi connectivity index (χ0v) is 10.5. The Hall–Kier alpha value is -2.89. The minimum Gasteiger partial charge on any atom is -0.508 e. The van der Waals surface area contributed by atoms with Crippen LogP contribution >= 0.6 is 0 Å². The standard InChI is InChI=1S/C14H12O6/c1-20-11-6-7(15)2-3-8(11)12(17)9-4-5-10(16)14(19)13(9)18/h2-6,15-16,18-19H,1H3. The number of aromatic hydroxyl groups is 4. The van der Waals surface area contributed by atoms with Gasteiger partial charge in [-0.25, -0.2) is 0 Å². The van der Waals surface area contributed by atoms with Crippen molar-refractivity contribution in [3.63, 3.8) is 0 Å². The Labute approximate surface area is 114 Å². The fraction of sp³-hybridized carbons (Fsp3) is 0.0714. The summed E-state index contributed by atoms with van der Waals surface area (Å²) in [5.41, 5.74) is -0.0880. The molecule has 20 heavy (non-hydrogen) atoms. The number of ether oxygens (including phenoxy) is 1. The molecule has 0 atom stereocenters. The summed E-state index contributed by atoms with van der Waals surface area (Å²) in [7, 11) is 1.33. The Kier molecular flexibility index (Phi) is 3.39. The van der Waals surface area contributed by atoms with E-state index in [1.165, 1.54) is 31.4 Å². The molecule has 0 saturated heterocycles. The van der Waals surface area contributed by atoms with Gasteiger partial charge in [-0.2, -0.15) is 0 Å². The second kappa shape index (κ2) is 5.00. The highest BCUT2D eigenvalue weighted by molar-refractivity contribution is 6.12. The van der Waals surface area contributed by atoms with Gasteiger partial charge in [0.25, 0.3) is 0 Å². The molecule has 0 aliphatic heterocycles. The van der Waals surface area contributed by atoms with Crippen LogP contribution in [0.25, 0.3) is 0 Å². The lowest BCUT2D eigenvalue weighted by Crippen LogP contribution is -2.04. The molecule has 6 nitrogen and oxygen atoms in total. The van der Waals surface area contributed by atoms with Crippen LogP contribution in [-0.2, 0) is 0 Å². The molecule has 0 aliphatic rings. The van der Waals surface area contributed by atoms with Crippen molar-refractivity contribution in [2.45, 2.75) is 0 Å². The summed E-state index contributed by atoms with van der Waals surface area (Å²) >= 11 is 0. The molecule has 0 spiro atoms. The highest BCUT2D eigenvalue weighted by Crippen LogP contribution is 2.39. The van der Waals surface area contributed by atoms with Crippen molar-refractivity contribution in [1.29, 1.82) is 0 Å². The van der Waals surface area contributed by atoms with Crippen LogP contribution in [0.1, 0.15) is 15.9 Å². The summed E-state index contributed by atoms with van der Waals surface area (Å²) in [6, 6.07) is 6.16. The summed E-state index contributed by atoms with van der Waals surface area (Å²) in [5.74, 6) is -2.58. The van der Waals surface area contributed by atoms with Gasteiger partial charge >= 0.3 is 0 Å². The number of carbonyl (C=O) groups is 1. The van der Waals surface area contributed by atoms with E-state index >= 15 is 0 Å². The lowest BCUT2D eigenvalue weighted by atomic mass is 10.0. The van der Waals surface area contributed by atoms with Gasteiger partial charge in [0.1, 0.15) is 11.5 Å². The van der Waals surface area contributed by atoms with Gasteiger partial charge in [0.2, 0.25) is 11.5 Å². The maximum Gasteiger partial charge on any atom is 0.201 e. The molecule has 0 saturated carbocycles. The van der Waals surface area contributed by atoms with Crippen LogP contribution in [0.4, 0.5) is 0 Å². The van der Waals surface area contributed by atoms with Gasteiger partial charge < -0.3 is 25.2 Å². The molecule has 2 rings (SSSR count). The van der Waals surface area contributed by atoms with E-state index in [1.807, 2.05) is 0 Å². The van der Waals surface area contributed by atoms with Gasteiger partial charge in [-0.1, -0.05) is 0 Å². The number of methoxy groups -OCH3 is 1. The normalized spacial score (nSPS) is 10.2. The van der Waals surface area contributed by atoms with Gasteiger partial charge in [0, 0.05) is 6.07 Å². The predicted octanol–water partition coefficient (Wildman–Crippen LogP) is 1.75. The van der Waals surface area contributed by atoms with Crippen molar-refractivity contribution >= 4 is 5.78 Å². The van der Waals surface area contributed by atoms with Gasteiger partial charge in [0.15, 0.2) is 11.5 Å². The SMILES string of the molecule is COc1cc(O)ccc1C(=O)c1ccc(O)c(O)c1O. The van der Waals surface area contributed by atoms with Gasteiger partial charge in [-0.05, 0) is 24.3 Å². The van der Waals surface area contributed by atoms with Crippen LogP contribution in [0.5, 0.6) is 28.7 Å². The van der Waals surface area contributed by atoms with Crippen molar-refractivity contribution in [3.05, 3.63) is 41.5 Å². The molecule has 0 aliphatic carbocycles. The molecular weight excluding hydrogens is 264 g/mol. The van der Waals surface area contributed by atoms with E-state index in [1.54, 1.807) is 0 Å². The molecule has 0 bridgehead atoms. The first-order valence-corrected chi connectivity index (χ1v) is 5.61. The number of phenols is 4. The Morgan fingerprint density at radius 2 is 1.60 bits per heavy atom. The van der Waals surface area contributed by atoms with Gasteiger partial charge in [-0.3, -0.25) is 4.79 Å². The van der Waals surface area contributed by atoms with E-state index in [0.717, 1.165) is 6.07 Å². The zero-order chi connectivity index (χ0) is 14.9. The number of hydrogen-bond donors (Lipinski definition) is 4. The van der Waals surface area contributed by atoms with Crippen molar-refractivity contribution in [3.8, 4) is 28.7 Å². The molecule has 0 heterocycles. The summed E-state index contributed by atoms with van der Waals surface area (Å²) < 4.78 is 4.99. The maximum absolute atomic E-state index is 12.3. The molecule has 0 amide bonds. The highest BCUT2D eigenvalue weighted by Gasteiger charge is 2.21. The van der Waals surface area contributed by atoms with Crippen LogP contribution in [0.2, 0.25) is 0 Å². The van der Waals surface area contributed by atoms with Crippen LogP contribution < -0.4 is 4.74 Å². The second-order valence-electron chi connectivity index (χ2n) is 4.04. The maximum atomic E-state index is 12.3. The van der Waals surface area contributed by atoms with E-state index < -0.39 is 23.0 Å². The molecule has 0 unspecified atom stereocenters. The molecular formula is C14H12O6. The zero-order valence-electron chi connectivity index (χ0n) is 10.5. The predicted molar refractivity (Wildman–Crippen MR) is 69.5 cm³/mol. The van der Waals surface area contributed by atoms with Crippen LogP contribution in [-0.4, -0.2) is 33.3 Å². The monoisotopic (exact) mass is 276 g/mol. The lowest BCUT2D eigenvalue weighted by molar-refractivity contribution is 0.103. The quantitative estimate of drug-likeness (QED) is 0.502. The van der Waals surface area contributed by atoms with E-state index in [-0.39, 0.29) is 22.6 Å². The first kappa shape index (κ1) is 13.5. The van der Waals surface area contributed by atoms with Crippen molar-refractivity contribution < 1.29 is 30.0 Å². The van der Waals surface area contributed by atoms with E-state index in [0.29, 0.717) is 0 Å². The van der Waals surface area contributed by atoms with Crippen molar-refractivity contribution in [2.24, 2.45) is 0 Å². The van der Waals surface area contributed by atoms with Gasteiger partial charge in [-0.15, -0.1) is 0 Å². The average Bonchev–Trinajstić information content (AvgIpc) is 2.44. The van der Waals surface area contributed by atoms with Crippen molar-refractivity contribution in [1.82, 2.24) is 0 Å². The lowest BCUT2D eigenvalue weighted by Gasteiger charge is -2.10. The number of rotatable bonds is 3. The Morgan fingerprint density at radius 3 is 2.25 bits per heavy atom. The van der Waals surface area contributed by atoms with Crippen LogP contribution in [0.15, 0.2) is 30.3 Å². The molecule has 2 aromatic carbocycles. The summed E-state index contributed by atoms with van der Waals surface area (Å²) in [6.45, 7) is 0. The smallest absolute Gasteiger partial charge is 0.201 e. The van der Waals surface area contributed by atoms with E-state index in [4.69, 9.17) is 4.74 Å². The molecule has 6 heteroatoms. The highest BCUT2D eigenvalue weighted by atomic mass is 16.5. The molecule has 0 aromatic heterocycles. The first-order valence-electron chi connectivity index (χ1n) is 5.61. The van der Waals surface area contributed by atoms with E-state index in [2.05, 4.69) is 0 Å². The van der Waals surface area contributed by atoms with Crippen molar-refractivity contribution in [2.75, 3.05) is 7.11 Å². The van der Waals surface area contributed by atoms with Crippen LogP contribution in [0.3, 0.4) is 0 Å². The fourth-order valence-corrected chi connectivity index (χ4v) is 1.76. The number of hydrogen-bond acceptors (Lipinski definition) is 6. The average molecular weight is 276 g/mol. The third kappa shape index (κ3) is 2.18. The fourth-order valence-electron chi connectivity index (χ4n) is 1.76. The molecule has 4 N–H and O–H groups in total. The number of phenolic OH excluding ortho intramolecular Hbond substituents is 4. The van der Waals surface area contributed by atoms with Crippen LogP contribution in [0, 0.1) is 0 Å². The Morgan fingerprint density at radius 1 is 0.950 bits per heavy atom. The molecule has 2 aromatic rings. The molecule has 0 radical (unpaired) electrons. The first-order chi connectivity index (χ1) is 9.45. The molecule has 104 valence electrons. The minimum atomic E-state index is -0.770. The summed E-state index contributed by atoms with van der Waals surface area (Å²) in [4.78, 5) is 12.3. The molecule has 0 fully saturated rings. The number of benzene rings is 2. The third-order valence-electron chi connectivity index (χ3n) is 2.80.